The number of nitrogens with one attached hydrogen (secondary N) is 3. The fraction of sp³-hybridized carbons (Fsp3) is 0.192. The number of aromatic nitrogens is 3. The van der Waals surface area contributed by atoms with Gasteiger partial charge in [-0.25, -0.2) is 18.1 Å². The lowest BCUT2D eigenvalue weighted by molar-refractivity contribution is 0.581. The number of hydrogen-bond acceptors (Lipinski definition) is 7. The Morgan fingerprint density at radius 1 is 0.914 bits per heavy atom. The van der Waals surface area contributed by atoms with Crippen molar-refractivity contribution in [2.75, 3.05) is 10.6 Å². The largest absolute Gasteiger partial charge is 0.340 e. The molecule has 0 unspecified atom stereocenters. The first kappa shape index (κ1) is 22.9. The average molecular weight is 487 g/mol. The third-order valence-electron chi connectivity index (χ3n) is 5.62. The van der Waals surface area contributed by atoms with Crippen LogP contribution in [-0.4, -0.2) is 29.4 Å². The van der Waals surface area contributed by atoms with Gasteiger partial charge in [0.25, 0.3) is 0 Å². The molecule has 1 saturated carbocycles. The van der Waals surface area contributed by atoms with E-state index in [0.717, 1.165) is 36.1 Å². The highest BCUT2D eigenvalue weighted by Gasteiger charge is 2.28. The van der Waals surface area contributed by atoms with Crippen LogP contribution in [0.1, 0.15) is 29.5 Å². The van der Waals surface area contributed by atoms with Crippen molar-refractivity contribution < 1.29 is 8.42 Å². The lowest BCUT2D eigenvalue weighted by Crippen LogP contribution is -2.25. The van der Waals surface area contributed by atoms with Crippen molar-refractivity contribution in [3.8, 4) is 0 Å². The van der Waals surface area contributed by atoms with Gasteiger partial charge in [0.2, 0.25) is 16.0 Å². The van der Waals surface area contributed by atoms with Crippen molar-refractivity contribution in [2.45, 2.75) is 37.1 Å². The molecule has 9 heteroatoms. The Morgan fingerprint density at radius 2 is 1.74 bits per heavy atom. The molecule has 3 N–H and O–H groups in total. The molecule has 0 spiro atoms. The van der Waals surface area contributed by atoms with Gasteiger partial charge in [-0.15, -0.1) is 0 Å². The van der Waals surface area contributed by atoms with Crippen LogP contribution in [0.5, 0.6) is 0 Å². The van der Waals surface area contributed by atoms with E-state index >= 15 is 0 Å². The number of hydrogen-bond donors (Lipinski definition) is 3. The van der Waals surface area contributed by atoms with Crippen molar-refractivity contribution in [3.05, 3.63) is 95.9 Å². The average Bonchev–Trinajstić information content (AvgIpc) is 3.67. The molecule has 178 valence electrons. The number of aryl methyl sites for hydroxylation is 1. The fourth-order valence-corrected chi connectivity index (χ4v) is 4.92. The smallest absolute Gasteiger partial charge is 0.240 e. The van der Waals surface area contributed by atoms with Crippen LogP contribution in [0.25, 0.3) is 0 Å². The van der Waals surface area contributed by atoms with E-state index in [1.807, 2.05) is 31.3 Å². The Morgan fingerprint density at radius 3 is 2.49 bits per heavy atom. The second kappa shape index (κ2) is 9.81. The zero-order valence-corrected chi connectivity index (χ0v) is 20.1. The lowest BCUT2D eigenvalue weighted by Gasteiger charge is -2.12. The second-order valence-corrected chi connectivity index (χ2v) is 10.3. The van der Waals surface area contributed by atoms with Crippen molar-refractivity contribution >= 4 is 33.2 Å². The number of anilines is 4. The molecule has 1 aliphatic carbocycles. The van der Waals surface area contributed by atoms with Gasteiger partial charge in [-0.1, -0.05) is 24.3 Å². The van der Waals surface area contributed by atoms with Crippen LogP contribution in [0.3, 0.4) is 0 Å². The van der Waals surface area contributed by atoms with Gasteiger partial charge in [0.1, 0.15) is 5.82 Å². The van der Waals surface area contributed by atoms with Crippen LogP contribution >= 0.6 is 0 Å². The Labute approximate surface area is 204 Å². The molecule has 8 nitrogen and oxygen atoms in total. The van der Waals surface area contributed by atoms with Gasteiger partial charge in [0.15, 0.2) is 0 Å². The maximum Gasteiger partial charge on any atom is 0.240 e. The van der Waals surface area contributed by atoms with E-state index in [2.05, 4.69) is 48.5 Å². The third-order valence-corrected chi connectivity index (χ3v) is 7.14. The van der Waals surface area contributed by atoms with E-state index in [1.54, 1.807) is 36.7 Å². The summed E-state index contributed by atoms with van der Waals surface area (Å²) in [6.07, 6.45) is 7.96. The molecule has 35 heavy (non-hydrogen) atoms. The quantitative estimate of drug-likeness (QED) is 0.315. The van der Waals surface area contributed by atoms with Crippen molar-refractivity contribution in [1.29, 1.82) is 0 Å². The van der Waals surface area contributed by atoms with Crippen molar-refractivity contribution in [1.82, 2.24) is 19.7 Å². The molecule has 0 saturated heterocycles. The third kappa shape index (κ3) is 6.00. The Balaban J connectivity index is 1.28. The van der Waals surface area contributed by atoms with E-state index in [-0.39, 0.29) is 10.9 Å². The van der Waals surface area contributed by atoms with Gasteiger partial charge in [-0.2, -0.15) is 4.98 Å². The van der Waals surface area contributed by atoms with Gasteiger partial charge in [0, 0.05) is 41.6 Å². The van der Waals surface area contributed by atoms with E-state index < -0.39 is 10.0 Å². The molecule has 0 atom stereocenters. The normalized spacial score (nSPS) is 13.4. The molecule has 1 aliphatic rings. The summed E-state index contributed by atoms with van der Waals surface area (Å²) in [6.45, 7) is 1.93. The summed E-state index contributed by atoms with van der Waals surface area (Å²) in [5.74, 6) is 1.04. The lowest BCUT2D eigenvalue weighted by atomic mass is 10.1. The van der Waals surface area contributed by atoms with E-state index in [9.17, 15) is 8.42 Å². The van der Waals surface area contributed by atoms with E-state index in [1.165, 1.54) is 5.56 Å². The molecule has 0 amide bonds. The van der Waals surface area contributed by atoms with Crippen LogP contribution in [0.2, 0.25) is 0 Å². The highest BCUT2D eigenvalue weighted by Crippen LogP contribution is 2.25. The first-order valence-corrected chi connectivity index (χ1v) is 12.9. The summed E-state index contributed by atoms with van der Waals surface area (Å²) in [7, 11) is -3.54. The van der Waals surface area contributed by atoms with Gasteiger partial charge in [-0.3, -0.25) is 4.98 Å². The molecule has 1 fully saturated rings. The van der Waals surface area contributed by atoms with Gasteiger partial charge >= 0.3 is 0 Å². The van der Waals surface area contributed by atoms with Crippen molar-refractivity contribution in [2.24, 2.45) is 0 Å². The predicted molar refractivity (Wildman–Crippen MR) is 137 cm³/mol. The Kier molecular flexibility index (Phi) is 6.43. The second-order valence-electron chi connectivity index (χ2n) is 8.63. The molecule has 0 aliphatic heterocycles. The first-order valence-electron chi connectivity index (χ1n) is 11.4. The summed E-state index contributed by atoms with van der Waals surface area (Å²) < 4.78 is 27.8. The maximum absolute atomic E-state index is 12.5. The molecule has 2 aromatic carbocycles. The topological polar surface area (TPSA) is 109 Å². The van der Waals surface area contributed by atoms with Crippen LogP contribution in [0, 0.1) is 6.92 Å². The summed E-state index contributed by atoms with van der Waals surface area (Å²) in [6, 6.07) is 18.9. The zero-order chi connectivity index (χ0) is 24.3. The number of sulfonamides is 1. The van der Waals surface area contributed by atoms with Gasteiger partial charge < -0.3 is 10.6 Å². The SMILES string of the molecule is Cc1cnc(Nc2cccc(S(=O)(=O)NC3CC3)c2)nc1Nc1ccc(Cc2cccnc2)cc1. The van der Waals surface area contributed by atoms with Crippen LogP contribution in [0.4, 0.5) is 23.1 Å². The number of benzene rings is 2. The van der Waals surface area contributed by atoms with Crippen LogP contribution in [0.15, 0.2) is 84.1 Å². The molecule has 0 bridgehead atoms. The molecule has 5 rings (SSSR count). The summed E-state index contributed by atoms with van der Waals surface area (Å²) in [4.78, 5) is 13.3. The van der Waals surface area contributed by atoms with Crippen LogP contribution < -0.4 is 15.4 Å². The minimum Gasteiger partial charge on any atom is -0.340 e. The van der Waals surface area contributed by atoms with Crippen molar-refractivity contribution in [3.63, 3.8) is 0 Å². The predicted octanol–water partition coefficient (Wildman–Crippen LogP) is 4.70. The summed E-state index contributed by atoms with van der Waals surface area (Å²) in [5, 5.41) is 6.46. The van der Waals surface area contributed by atoms with E-state index in [0.29, 0.717) is 17.5 Å². The summed E-state index contributed by atoms with van der Waals surface area (Å²) >= 11 is 0. The Hall–Kier alpha value is -3.82. The first-order chi connectivity index (χ1) is 16.9. The standard InChI is InChI=1S/C26H26N6O2S/c1-18-16-28-26(30-23-5-2-6-24(15-23)35(33,34)32-22-11-12-22)31-25(18)29-21-9-7-19(8-10-21)14-20-4-3-13-27-17-20/h2-10,13,15-17,22,32H,11-12,14H2,1H3,(H2,28,29,30,31). The molecule has 4 aromatic rings. The molecule has 0 radical (unpaired) electrons. The molecule has 2 heterocycles. The zero-order valence-electron chi connectivity index (χ0n) is 19.3. The number of rotatable bonds is 9. The number of pyridine rings is 1. The monoisotopic (exact) mass is 486 g/mol. The fourth-order valence-electron chi connectivity index (χ4n) is 3.57. The van der Waals surface area contributed by atoms with Gasteiger partial charge in [-0.05, 0) is 73.7 Å². The molecular weight excluding hydrogens is 460 g/mol. The van der Waals surface area contributed by atoms with Gasteiger partial charge in [0.05, 0.1) is 4.90 Å². The van der Waals surface area contributed by atoms with Crippen LogP contribution in [-0.2, 0) is 16.4 Å². The summed E-state index contributed by atoms with van der Waals surface area (Å²) in [5.41, 5.74) is 4.75. The minimum atomic E-state index is -3.54. The maximum atomic E-state index is 12.5. The highest BCUT2D eigenvalue weighted by atomic mass is 32.2. The number of nitrogens with zero attached hydrogens (tertiary/aromatic N) is 3. The van der Waals surface area contributed by atoms with E-state index in [4.69, 9.17) is 0 Å². The minimum absolute atomic E-state index is 0.0510. The molecule has 2 aromatic heterocycles. The Bertz CT molecular complexity index is 1420. The highest BCUT2D eigenvalue weighted by molar-refractivity contribution is 7.89. The molecular formula is C26H26N6O2S.